The summed E-state index contributed by atoms with van der Waals surface area (Å²) in [4.78, 5) is 16.7. The second-order valence-corrected chi connectivity index (χ2v) is 4.70. The number of Topliss-reactive ketones (excluding diaryl/α,β-unsaturated/α-hetero) is 1. The van der Waals surface area contributed by atoms with Crippen LogP contribution in [0.5, 0.6) is 0 Å². The third-order valence-corrected chi connectivity index (χ3v) is 3.43. The van der Waals surface area contributed by atoms with Gasteiger partial charge >= 0.3 is 0 Å². The Morgan fingerprint density at radius 3 is 2.41 bits per heavy atom. The van der Waals surface area contributed by atoms with E-state index in [-0.39, 0.29) is 5.78 Å². The van der Waals surface area contributed by atoms with E-state index in [9.17, 15) is 4.79 Å². The zero-order chi connectivity index (χ0) is 12.3. The van der Waals surface area contributed by atoms with E-state index < -0.39 is 0 Å². The number of aromatic nitrogens is 1. The van der Waals surface area contributed by atoms with Crippen molar-refractivity contribution in [2.45, 2.75) is 6.92 Å². The predicted octanol–water partition coefficient (Wildman–Crippen LogP) is 0.845. The molecule has 4 nitrogen and oxygen atoms in total. The second-order valence-electron chi connectivity index (χ2n) is 4.70. The van der Waals surface area contributed by atoms with Crippen LogP contribution >= 0.6 is 0 Å². The van der Waals surface area contributed by atoms with E-state index in [4.69, 9.17) is 0 Å². The highest BCUT2D eigenvalue weighted by Gasteiger charge is 2.18. The summed E-state index contributed by atoms with van der Waals surface area (Å²) in [6.07, 6.45) is 3.81. The SMILES string of the molecule is CCN1CCN(CC(=O)c2ccn(C)c2)CC1. The summed E-state index contributed by atoms with van der Waals surface area (Å²) in [6, 6.07) is 1.89. The standard InChI is InChI=1S/C13H21N3O/c1-3-15-6-8-16(9-7-15)11-13(17)12-4-5-14(2)10-12/h4-5,10H,3,6-9,11H2,1-2H3. The molecular weight excluding hydrogens is 214 g/mol. The van der Waals surface area contributed by atoms with Crippen LogP contribution in [0.2, 0.25) is 0 Å². The Hall–Kier alpha value is -1.13. The lowest BCUT2D eigenvalue weighted by molar-refractivity contribution is 0.0859. The fourth-order valence-corrected chi connectivity index (χ4v) is 2.23. The van der Waals surface area contributed by atoms with Crippen molar-refractivity contribution < 1.29 is 4.79 Å². The molecule has 0 unspecified atom stereocenters. The van der Waals surface area contributed by atoms with Crippen LogP contribution in [0, 0.1) is 0 Å². The van der Waals surface area contributed by atoms with E-state index in [0.717, 1.165) is 38.3 Å². The molecule has 0 radical (unpaired) electrons. The van der Waals surface area contributed by atoms with Crippen molar-refractivity contribution >= 4 is 5.78 Å². The lowest BCUT2D eigenvalue weighted by Gasteiger charge is -2.33. The maximum Gasteiger partial charge on any atom is 0.178 e. The first kappa shape index (κ1) is 12.3. The van der Waals surface area contributed by atoms with Gasteiger partial charge in [0.2, 0.25) is 0 Å². The van der Waals surface area contributed by atoms with Crippen molar-refractivity contribution in [1.82, 2.24) is 14.4 Å². The van der Waals surface area contributed by atoms with Gasteiger partial charge in [-0.3, -0.25) is 9.69 Å². The van der Waals surface area contributed by atoms with Gasteiger partial charge in [0.15, 0.2) is 5.78 Å². The molecule has 0 aromatic carbocycles. The third-order valence-electron chi connectivity index (χ3n) is 3.43. The molecule has 0 aliphatic carbocycles. The Kier molecular flexibility index (Phi) is 3.97. The van der Waals surface area contributed by atoms with Crippen LogP contribution in [0.4, 0.5) is 0 Å². The molecule has 0 saturated carbocycles. The maximum absolute atomic E-state index is 12.0. The summed E-state index contributed by atoms with van der Waals surface area (Å²) in [5.74, 6) is 0.232. The largest absolute Gasteiger partial charge is 0.357 e. The minimum Gasteiger partial charge on any atom is -0.357 e. The Bertz CT molecular complexity index is 378. The van der Waals surface area contributed by atoms with Crippen LogP contribution in [-0.2, 0) is 7.05 Å². The fraction of sp³-hybridized carbons (Fsp3) is 0.615. The summed E-state index contributed by atoms with van der Waals surface area (Å²) >= 11 is 0. The number of hydrogen-bond acceptors (Lipinski definition) is 3. The van der Waals surface area contributed by atoms with Crippen LogP contribution in [0.25, 0.3) is 0 Å². The molecule has 0 spiro atoms. The normalized spacial score (nSPS) is 18.5. The number of hydrogen-bond donors (Lipinski definition) is 0. The number of carbonyl (C=O) groups is 1. The van der Waals surface area contributed by atoms with Gasteiger partial charge in [-0.15, -0.1) is 0 Å². The molecule has 4 heteroatoms. The van der Waals surface area contributed by atoms with Gasteiger partial charge in [0.1, 0.15) is 0 Å². The molecule has 1 fully saturated rings. The first-order valence-electron chi connectivity index (χ1n) is 6.29. The van der Waals surface area contributed by atoms with E-state index in [0.29, 0.717) is 6.54 Å². The van der Waals surface area contributed by atoms with E-state index in [1.807, 2.05) is 30.1 Å². The molecule has 94 valence electrons. The van der Waals surface area contributed by atoms with Gasteiger partial charge < -0.3 is 9.47 Å². The van der Waals surface area contributed by atoms with E-state index in [2.05, 4.69) is 16.7 Å². The number of aryl methyl sites for hydroxylation is 1. The van der Waals surface area contributed by atoms with Gasteiger partial charge in [-0.25, -0.2) is 0 Å². The minimum atomic E-state index is 0.232. The highest BCUT2D eigenvalue weighted by atomic mass is 16.1. The molecule has 0 amide bonds. The minimum absolute atomic E-state index is 0.232. The summed E-state index contributed by atoms with van der Waals surface area (Å²) in [6.45, 7) is 8.03. The van der Waals surface area contributed by atoms with Gasteiger partial charge in [-0.05, 0) is 12.6 Å². The van der Waals surface area contributed by atoms with Crippen LogP contribution in [0.3, 0.4) is 0 Å². The molecule has 1 aromatic rings. The second kappa shape index (κ2) is 5.47. The Morgan fingerprint density at radius 1 is 1.24 bits per heavy atom. The maximum atomic E-state index is 12.0. The molecule has 1 saturated heterocycles. The average Bonchev–Trinajstić information content (AvgIpc) is 2.77. The van der Waals surface area contributed by atoms with Crippen molar-refractivity contribution in [2.75, 3.05) is 39.3 Å². The highest BCUT2D eigenvalue weighted by molar-refractivity contribution is 5.97. The monoisotopic (exact) mass is 235 g/mol. The lowest BCUT2D eigenvalue weighted by atomic mass is 10.2. The average molecular weight is 235 g/mol. The van der Waals surface area contributed by atoms with Crippen molar-refractivity contribution in [2.24, 2.45) is 7.05 Å². The fourth-order valence-electron chi connectivity index (χ4n) is 2.23. The first-order valence-corrected chi connectivity index (χ1v) is 6.29. The van der Waals surface area contributed by atoms with Gasteiger partial charge in [0, 0.05) is 51.2 Å². The topological polar surface area (TPSA) is 28.5 Å². The van der Waals surface area contributed by atoms with E-state index in [1.54, 1.807) is 0 Å². The van der Waals surface area contributed by atoms with Gasteiger partial charge in [0.25, 0.3) is 0 Å². The Balaban J connectivity index is 1.84. The molecule has 1 aliphatic rings. The molecule has 0 bridgehead atoms. The smallest absolute Gasteiger partial charge is 0.178 e. The number of nitrogens with zero attached hydrogens (tertiary/aromatic N) is 3. The summed E-state index contributed by atoms with van der Waals surface area (Å²) < 4.78 is 1.92. The molecule has 2 rings (SSSR count). The van der Waals surface area contributed by atoms with Crippen molar-refractivity contribution in [1.29, 1.82) is 0 Å². The number of carbonyl (C=O) groups excluding carboxylic acids is 1. The van der Waals surface area contributed by atoms with Crippen molar-refractivity contribution in [3.05, 3.63) is 24.0 Å². The van der Waals surface area contributed by atoms with Gasteiger partial charge in [0.05, 0.1) is 6.54 Å². The molecule has 1 aromatic heterocycles. The third kappa shape index (κ3) is 3.17. The quantitative estimate of drug-likeness (QED) is 0.724. The highest BCUT2D eigenvalue weighted by Crippen LogP contribution is 2.05. The Labute approximate surface area is 103 Å². The first-order chi connectivity index (χ1) is 8.19. The number of ketones is 1. The molecule has 17 heavy (non-hydrogen) atoms. The Morgan fingerprint density at radius 2 is 1.88 bits per heavy atom. The number of piperazine rings is 1. The molecule has 0 atom stereocenters. The zero-order valence-corrected chi connectivity index (χ0v) is 10.7. The predicted molar refractivity (Wildman–Crippen MR) is 68.3 cm³/mol. The molecule has 0 N–H and O–H groups in total. The van der Waals surface area contributed by atoms with Gasteiger partial charge in [-0.2, -0.15) is 0 Å². The van der Waals surface area contributed by atoms with E-state index in [1.165, 1.54) is 0 Å². The summed E-state index contributed by atoms with van der Waals surface area (Å²) in [7, 11) is 1.94. The van der Waals surface area contributed by atoms with Crippen LogP contribution < -0.4 is 0 Å². The van der Waals surface area contributed by atoms with Crippen molar-refractivity contribution in [3.63, 3.8) is 0 Å². The molecular formula is C13H21N3O. The van der Waals surface area contributed by atoms with Crippen molar-refractivity contribution in [3.8, 4) is 0 Å². The van der Waals surface area contributed by atoms with Crippen LogP contribution in [0.1, 0.15) is 17.3 Å². The molecule has 2 heterocycles. The van der Waals surface area contributed by atoms with Crippen LogP contribution in [0.15, 0.2) is 18.5 Å². The zero-order valence-electron chi connectivity index (χ0n) is 10.7. The molecule has 1 aliphatic heterocycles. The summed E-state index contributed by atoms with van der Waals surface area (Å²) in [5.41, 5.74) is 0.824. The number of likely N-dealkylation sites (N-methyl/N-ethyl adjacent to an activating group) is 1. The summed E-state index contributed by atoms with van der Waals surface area (Å²) in [5, 5.41) is 0. The lowest BCUT2D eigenvalue weighted by Crippen LogP contribution is -2.47. The van der Waals surface area contributed by atoms with Gasteiger partial charge in [-0.1, -0.05) is 6.92 Å². The van der Waals surface area contributed by atoms with Crippen LogP contribution in [-0.4, -0.2) is 59.4 Å². The van der Waals surface area contributed by atoms with E-state index >= 15 is 0 Å². The number of rotatable bonds is 4.